The van der Waals surface area contributed by atoms with Crippen molar-refractivity contribution in [2.45, 2.75) is 31.8 Å². The van der Waals surface area contributed by atoms with Crippen LogP contribution in [0.2, 0.25) is 0 Å². The van der Waals surface area contributed by atoms with Crippen LogP contribution in [0.15, 0.2) is 59.7 Å². The van der Waals surface area contributed by atoms with E-state index in [-0.39, 0.29) is 25.0 Å². The van der Waals surface area contributed by atoms with E-state index in [4.69, 9.17) is 9.47 Å². The second kappa shape index (κ2) is 8.11. The van der Waals surface area contributed by atoms with Crippen LogP contribution in [-0.2, 0) is 26.2 Å². The van der Waals surface area contributed by atoms with E-state index < -0.39 is 17.6 Å². The molecule has 2 amide bonds. The highest BCUT2D eigenvalue weighted by atomic mass is 16.6. The first-order chi connectivity index (χ1) is 15.1. The number of hydrogen-bond donors (Lipinski definition) is 0. The fourth-order valence-corrected chi connectivity index (χ4v) is 4.18. The van der Waals surface area contributed by atoms with Crippen molar-refractivity contribution in [2.24, 2.45) is 5.10 Å². The van der Waals surface area contributed by atoms with Crippen molar-refractivity contribution in [3.63, 3.8) is 0 Å². The molecular weight excluding hydrogens is 396 g/mol. The van der Waals surface area contributed by atoms with Gasteiger partial charge < -0.3 is 14.4 Å². The molecule has 0 aliphatic carbocycles. The maximum atomic E-state index is 14.0. The van der Waals surface area contributed by atoms with Crippen LogP contribution in [0.3, 0.4) is 0 Å². The zero-order chi connectivity index (χ0) is 22.0. The molecule has 31 heavy (non-hydrogen) atoms. The first-order valence-electron chi connectivity index (χ1n) is 10.1. The molecule has 8 nitrogen and oxygen atoms in total. The molecule has 2 aliphatic rings. The minimum Gasteiger partial charge on any atom is -0.479 e. The Hall–Kier alpha value is -3.86. The van der Waals surface area contributed by atoms with E-state index in [1.165, 1.54) is 0 Å². The van der Waals surface area contributed by atoms with Crippen LogP contribution in [0.1, 0.15) is 25.0 Å². The summed E-state index contributed by atoms with van der Waals surface area (Å²) < 4.78 is 10.8. The molecule has 158 valence electrons. The summed E-state index contributed by atoms with van der Waals surface area (Å²) in [6, 6.07) is 17.7. The van der Waals surface area contributed by atoms with E-state index in [2.05, 4.69) is 11.2 Å². The molecule has 0 aromatic heterocycles. The quantitative estimate of drug-likeness (QED) is 0.760. The summed E-state index contributed by atoms with van der Waals surface area (Å²) in [7, 11) is 0. The van der Waals surface area contributed by atoms with Gasteiger partial charge in [0.1, 0.15) is 0 Å². The Morgan fingerprint density at radius 3 is 2.52 bits per heavy atom. The smallest absolute Gasteiger partial charge is 0.431 e. The molecule has 2 aromatic rings. The number of rotatable bonds is 4. The Kier molecular flexibility index (Phi) is 5.34. The summed E-state index contributed by atoms with van der Waals surface area (Å²) in [5.74, 6) is -0.328. The van der Waals surface area contributed by atoms with Crippen LogP contribution in [0.25, 0.3) is 0 Å². The number of anilines is 1. The topological polar surface area (TPSA) is 95.2 Å². The van der Waals surface area contributed by atoms with Crippen LogP contribution >= 0.6 is 0 Å². The van der Waals surface area contributed by atoms with Crippen molar-refractivity contribution < 1.29 is 19.1 Å². The van der Waals surface area contributed by atoms with Crippen LogP contribution in [0.5, 0.6) is 0 Å². The average Bonchev–Trinajstić information content (AvgIpc) is 3.24. The molecule has 2 aromatic carbocycles. The number of fused-ring (bicyclic) bond motifs is 2. The fourth-order valence-electron chi connectivity index (χ4n) is 4.18. The van der Waals surface area contributed by atoms with Gasteiger partial charge >= 0.3 is 6.09 Å². The summed E-state index contributed by atoms with van der Waals surface area (Å²) in [5, 5.41) is 15.3. The summed E-state index contributed by atoms with van der Waals surface area (Å²) in [4.78, 5) is 28.2. The van der Waals surface area contributed by atoms with Crippen LogP contribution < -0.4 is 4.90 Å². The maximum absolute atomic E-state index is 14.0. The van der Waals surface area contributed by atoms with E-state index in [9.17, 15) is 14.9 Å². The summed E-state index contributed by atoms with van der Waals surface area (Å²) in [6.45, 7) is 4.08. The van der Waals surface area contributed by atoms with E-state index in [1.807, 2.05) is 42.5 Å². The van der Waals surface area contributed by atoms with Crippen molar-refractivity contribution in [3.05, 3.63) is 65.7 Å². The zero-order valence-corrected chi connectivity index (χ0v) is 17.3. The molecule has 4 rings (SSSR count). The van der Waals surface area contributed by atoms with E-state index in [0.29, 0.717) is 17.8 Å². The van der Waals surface area contributed by atoms with E-state index in [0.717, 1.165) is 10.6 Å². The second-order valence-corrected chi connectivity index (χ2v) is 7.12. The molecule has 8 heteroatoms. The lowest BCUT2D eigenvalue weighted by Gasteiger charge is -2.28. The Bertz CT molecular complexity index is 1080. The largest absolute Gasteiger partial charge is 0.479 e. The van der Waals surface area contributed by atoms with Gasteiger partial charge in [-0.05, 0) is 25.5 Å². The minimum absolute atomic E-state index is 0.0302. The fraction of sp³-hybridized carbons (Fsp3) is 0.304. The number of hydrazone groups is 1. The highest BCUT2D eigenvalue weighted by Crippen LogP contribution is 2.50. The molecule has 2 heterocycles. The van der Waals surface area contributed by atoms with Gasteiger partial charge in [-0.25, -0.2) is 4.79 Å². The second-order valence-electron chi connectivity index (χ2n) is 7.12. The van der Waals surface area contributed by atoms with Gasteiger partial charge in [-0.15, -0.1) is 5.10 Å². The summed E-state index contributed by atoms with van der Waals surface area (Å²) in [5.41, 5.74) is 0.630. The van der Waals surface area contributed by atoms with Crippen molar-refractivity contribution in [3.8, 4) is 6.07 Å². The minimum atomic E-state index is -1.55. The van der Waals surface area contributed by atoms with Crippen LogP contribution in [-0.4, -0.2) is 42.2 Å². The van der Waals surface area contributed by atoms with Gasteiger partial charge in [0.25, 0.3) is 5.91 Å². The third kappa shape index (κ3) is 3.01. The van der Waals surface area contributed by atoms with Gasteiger partial charge in [0.2, 0.25) is 5.90 Å². The number of nitrogens with zero attached hydrogens (tertiary/aromatic N) is 4. The van der Waals surface area contributed by atoms with Gasteiger partial charge in [-0.3, -0.25) is 4.79 Å². The van der Waals surface area contributed by atoms with E-state index in [1.54, 1.807) is 30.9 Å². The molecule has 0 radical (unpaired) electrons. The highest BCUT2D eigenvalue weighted by molar-refractivity contribution is 6.23. The van der Waals surface area contributed by atoms with Crippen molar-refractivity contribution >= 4 is 23.6 Å². The lowest BCUT2D eigenvalue weighted by molar-refractivity contribution is -0.122. The standard InChI is InChI=1S/C23H22N4O4/c1-3-30-20-23(19(14-24)27(25-20)22(29)31-4-2)17-12-8-9-13-18(17)26(21(23)28)15-16-10-6-5-7-11-16/h5-13,19H,3-4,15H2,1-2H3/t19-,23-/m0/s1. The number of carbonyl (C=O) groups excluding carboxylic acids is 2. The summed E-state index contributed by atoms with van der Waals surface area (Å²) in [6.07, 6.45) is -0.796. The van der Waals surface area contributed by atoms with Gasteiger partial charge in [-0.2, -0.15) is 10.3 Å². The van der Waals surface area contributed by atoms with Crippen molar-refractivity contribution in [1.82, 2.24) is 5.01 Å². The Morgan fingerprint density at radius 1 is 1.13 bits per heavy atom. The van der Waals surface area contributed by atoms with Gasteiger partial charge in [-0.1, -0.05) is 48.5 Å². The first kappa shape index (κ1) is 20.4. The molecule has 2 aliphatic heterocycles. The molecule has 1 spiro atoms. The van der Waals surface area contributed by atoms with Crippen molar-refractivity contribution in [2.75, 3.05) is 18.1 Å². The average molecular weight is 418 g/mol. The Balaban J connectivity index is 1.87. The number of carbonyl (C=O) groups is 2. The van der Waals surface area contributed by atoms with Gasteiger partial charge in [0.15, 0.2) is 11.5 Å². The molecule has 0 N–H and O–H groups in total. The number of benzene rings is 2. The highest BCUT2D eigenvalue weighted by Gasteiger charge is 2.67. The number of nitriles is 1. The lowest BCUT2D eigenvalue weighted by atomic mass is 9.75. The third-order valence-electron chi connectivity index (χ3n) is 5.43. The maximum Gasteiger partial charge on any atom is 0.431 e. The monoisotopic (exact) mass is 418 g/mol. The predicted molar refractivity (Wildman–Crippen MR) is 113 cm³/mol. The Morgan fingerprint density at radius 2 is 1.84 bits per heavy atom. The normalized spacial score (nSPS) is 21.6. The molecular formula is C23H22N4O4. The predicted octanol–water partition coefficient (Wildman–Crippen LogP) is 3.19. The number of hydrogen-bond acceptors (Lipinski definition) is 6. The van der Waals surface area contributed by atoms with Gasteiger partial charge in [0, 0.05) is 11.3 Å². The lowest BCUT2D eigenvalue weighted by Crippen LogP contribution is -2.55. The molecule has 2 atom stereocenters. The molecule has 0 saturated carbocycles. The zero-order valence-electron chi connectivity index (χ0n) is 17.3. The van der Waals surface area contributed by atoms with Crippen LogP contribution in [0.4, 0.5) is 10.5 Å². The first-order valence-corrected chi connectivity index (χ1v) is 10.1. The van der Waals surface area contributed by atoms with Gasteiger partial charge in [0.05, 0.1) is 25.8 Å². The van der Waals surface area contributed by atoms with Crippen LogP contribution in [0, 0.1) is 11.3 Å². The Labute approximate surface area is 180 Å². The SMILES string of the molecule is CCOC(=O)N1N=C(OCC)[C@@]2(C(=O)N(Cc3ccccc3)c3ccccc32)[C@@H]1C#N. The van der Waals surface area contributed by atoms with Crippen molar-refractivity contribution in [1.29, 1.82) is 5.26 Å². The van der Waals surface area contributed by atoms with E-state index >= 15 is 0 Å². The number of ether oxygens (including phenoxy) is 2. The molecule has 0 bridgehead atoms. The number of amides is 2. The molecule has 0 saturated heterocycles. The third-order valence-corrected chi connectivity index (χ3v) is 5.43. The number of para-hydroxylation sites is 1. The molecule has 0 fully saturated rings. The molecule has 0 unspecified atom stereocenters. The summed E-state index contributed by atoms with van der Waals surface area (Å²) >= 11 is 0.